The van der Waals surface area contributed by atoms with Crippen LogP contribution in [-0.2, 0) is 19.1 Å². The summed E-state index contributed by atoms with van der Waals surface area (Å²) in [6.07, 6.45) is 2.90. The lowest BCUT2D eigenvalue weighted by Crippen LogP contribution is -2.56. The van der Waals surface area contributed by atoms with Crippen molar-refractivity contribution in [3.8, 4) is 0 Å². The lowest BCUT2D eigenvalue weighted by molar-refractivity contribution is -0.139. The van der Waals surface area contributed by atoms with Crippen molar-refractivity contribution >= 4 is 28.6 Å². The Morgan fingerprint density at radius 3 is 2.74 bits per heavy atom. The van der Waals surface area contributed by atoms with Crippen LogP contribution in [0.1, 0.15) is 38.2 Å². The molecule has 190 valence electrons. The van der Waals surface area contributed by atoms with Gasteiger partial charge in [-0.15, -0.1) is 0 Å². The number of aromatic nitrogens is 1. The fourth-order valence-corrected chi connectivity index (χ4v) is 5.51. The number of likely N-dealkylation sites (tertiary alicyclic amines) is 2. The van der Waals surface area contributed by atoms with Crippen molar-refractivity contribution in [3.05, 3.63) is 35.8 Å². The van der Waals surface area contributed by atoms with Crippen LogP contribution in [0.5, 0.6) is 0 Å². The lowest BCUT2D eigenvalue weighted by Gasteiger charge is -2.32. The van der Waals surface area contributed by atoms with Crippen LogP contribution in [0.15, 0.2) is 24.4 Å². The molecule has 2 aromatic rings. The van der Waals surface area contributed by atoms with Crippen molar-refractivity contribution in [2.45, 2.75) is 56.8 Å². The second-order valence-corrected chi connectivity index (χ2v) is 9.35. The van der Waals surface area contributed by atoms with E-state index in [1.165, 1.54) is 19.2 Å². The maximum absolute atomic E-state index is 13.8. The standard InChI is InChI=1S/C25H34FN5O4/c1-5-22(32)31-12-18(17-11-28-19-10-15(26)6-7-16(17)19)23-21(31)8-9-30(23)25(34)20(13-35-4)29-24(33)14(2)27-3/h6-7,10-11,14,18,20-21,23,27-28H,5,8-9,12-13H2,1-4H3,(H,29,33). The Morgan fingerprint density at radius 1 is 1.29 bits per heavy atom. The van der Waals surface area contributed by atoms with Gasteiger partial charge in [-0.25, -0.2) is 4.39 Å². The molecule has 1 aromatic carbocycles. The first-order valence-electron chi connectivity index (χ1n) is 12.1. The number of H-pyrrole nitrogens is 1. The average Bonchev–Trinajstić information content (AvgIpc) is 3.56. The summed E-state index contributed by atoms with van der Waals surface area (Å²) < 4.78 is 19.1. The molecule has 3 N–H and O–H groups in total. The highest BCUT2D eigenvalue weighted by molar-refractivity contribution is 5.91. The molecule has 1 aromatic heterocycles. The number of amides is 3. The Labute approximate surface area is 204 Å². The minimum absolute atomic E-state index is 0.0452. The highest BCUT2D eigenvalue weighted by Crippen LogP contribution is 2.43. The number of carbonyl (C=O) groups excluding carboxylic acids is 3. The van der Waals surface area contributed by atoms with E-state index in [1.54, 1.807) is 24.9 Å². The molecule has 0 aliphatic carbocycles. The molecule has 0 spiro atoms. The summed E-state index contributed by atoms with van der Waals surface area (Å²) in [4.78, 5) is 45.9. The number of benzene rings is 1. The molecule has 3 amide bonds. The van der Waals surface area contributed by atoms with Crippen LogP contribution >= 0.6 is 0 Å². The number of ether oxygens (including phenoxy) is 1. The number of likely N-dealkylation sites (N-methyl/N-ethyl adjacent to an activating group) is 1. The zero-order valence-corrected chi connectivity index (χ0v) is 20.6. The number of halogens is 1. The molecule has 2 aliphatic rings. The predicted molar refractivity (Wildman–Crippen MR) is 129 cm³/mol. The van der Waals surface area contributed by atoms with Crippen molar-refractivity contribution in [1.82, 2.24) is 25.4 Å². The van der Waals surface area contributed by atoms with Crippen molar-refractivity contribution in [1.29, 1.82) is 0 Å². The summed E-state index contributed by atoms with van der Waals surface area (Å²) in [7, 11) is 3.17. The SMILES string of the molecule is CCC(=O)N1CC(c2c[nH]c3cc(F)ccc23)C2C1CCN2C(=O)C(COC)NC(=O)C(C)NC. The summed E-state index contributed by atoms with van der Waals surface area (Å²) in [6.45, 7) is 4.56. The third-order valence-electron chi connectivity index (χ3n) is 7.38. The van der Waals surface area contributed by atoms with Gasteiger partial charge in [0, 0.05) is 49.6 Å². The summed E-state index contributed by atoms with van der Waals surface area (Å²) >= 11 is 0. The largest absolute Gasteiger partial charge is 0.382 e. The first-order valence-corrected chi connectivity index (χ1v) is 12.1. The van der Waals surface area contributed by atoms with Crippen LogP contribution in [0.25, 0.3) is 10.9 Å². The molecule has 35 heavy (non-hydrogen) atoms. The van der Waals surface area contributed by atoms with Gasteiger partial charge in [-0.3, -0.25) is 14.4 Å². The number of nitrogens with one attached hydrogen (secondary N) is 3. The van der Waals surface area contributed by atoms with Gasteiger partial charge < -0.3 is 30.2 Å². The molecule has 5 atom stereocenters. The number of rotatable bonds is 8. The maximum Gasteiger partial charge on any atom is 0.247 e. The summed E-state index contributed by atoms with van der Waals surface area (Å²) in [5.74, 6) is -0.936. The van der Waals surface area contributed by atoms with Crippen LogP contribution in [0.2, 0.25) is 0 Å². The molecule has 2 aliphatic heterocycles. The van der Waals surface area contributed by atoms with Gasteiger partial charge in [-0.05, 0) is 44.2 Å². The van der Waals surface area contributed by atoms with E-state index >= 15 is 0 Å². The summed E-state index contributed by atoms with van der Waals surface area (Å²) in [5, 5.41) is 6.57. The van der Waals surface area contributed by atoms with Gasteiger partial charge in [0.1, 0.15) is 11.9 Å². The Bertz CT molecular complexity index is 1100. The van der Waals surface area contributed by atoms with Crippen LogP contribution in [0.3, 0.4) is 0 Å². The van der Waals surface area contributed by atoms with Gasteiger partial charge in [0.15, 0.2) is 0 Å². The number of methoxy groups -OCH3 is 1. The number of nitrogens with zero attached hydrogens (tertiary/aromatic N) is 2. The Balaban J connectivity index is 1.67. The van der Waals surface area contributed by atoms with E-state index in [0.29, 0.717) is 31.4 Å². The third kappa shape index (κ3) is 4.64. The fourth-order valence-electron chi connectivity index (χ4n) is 5.51. The molecule has 9 nitrogen and oxygen atoms in total. The molecular formula is C25H34FN5O4. The van der Waals surface area contributed by atoms with Gasteiger partial charge in [-0.2, -0.15) is 0 Å². The second kappa shape index (κ2) is 10.3. The van der Waals surface area contributed by atoms with E-state index in [4.69, 9.17) is 4.74 Å². The van der Waals surface area contributed by atoms with E-state index in [0.717, 1.165) is 10.9 Å². The predicted octanol–water partition coefficient (Wildman–Crippen LogP) is 1.35. The molecular weight excluding hydrogens is 453 g/mol. The summed E-state index contributed by atoms with van der Waals surface area (Å²) in [5.41, 5.74) is 1.63. The number of hydrogen-bond acceptors (Lipinski definition) is 5. The normalized spacial score (nSPS) is 23.4. The van der Waals surface area contributed by atoms with Crippen LogP contribution < -0.4 is 10.6 Å². The van der Waals surface area contributed by atoms with Crippen LogP contribution in [0.4, 0.5) is 4.39 Å². The Kier molecular flexibility index (Phi) is 7.42. The zero-order chi connectivity index (χ0) is 25.3. The van der Waals surface area contributed by atoms with Crippen molar-refractivity contribution in [2.24, 2.45) is 0 Å². The van der Waals surface area contributed by atoms with E-state index in [-0.39, 0.29) is 48.1 Å². The number of carbonyl (C=O) groups is 3. The molecule has 0 saturated carbocycles. The number of fused-ring (bicyclic) bond motifs is 2. The maximum atomic E-state index is 13.8. The van der Waals surface area contributed by atoms with Crippen molar-refractivity contribution in [2.75, 3.05) is 33.9 Å². The van der Waals surface area contributed by atoms with Gasteiger partial charge >= 0.3 is 0 Å². The quantitative estimate of drug-likeness (QED) is 0.521. The second-order valence-electron chi connectivity index (χ2n) is 9.35. The Morgan fingerprint density at radius 2 is 2.06 bits per heavy atom. The molecule has 2 saturated heterocycles. The first-order chi connectivity index (χ1) is 16.8. The molecule has 0 radical (unpaired) electrons. The smallest absolute Gasteiger partial charge is 0.247 e. The average molecular weight is 488 g/mol. The van der Waals surface area contributed by atoms with Gasteiger partial charge in [0.2, 0.25) is 17.7 Å². The lowest BCUT2D eigenvalue weighted by atomic mass is 9.91. The summed E-state index contributed by atoms with van der Waals surface area (Å²) in [6, 6.07) is 2.95. The molecule has 10 heteroatoms. The molecule has 0 bridgehead atoms. The molecule has 5 unspecified atom stereocenters. The van der Waals surface area contributed by atoms with Crippen molar-refractivity contribution in [3.63, 3.8) is 0 Å². The minimum Gasteiger partial charge on any atom is -0.382 e. The van der Waals surface area contributed by atoms with Crippen molar-refractivity contribution < 1.29 is 23.5 Å². The Hall–Kier alpha value is -2.98. The third-order valence-corrected chi connectivity index (χ3v) is 7.38. The highest BCUT2D eigenvalue weighted by Gasteiger charge is 2.53. The van der Waals surface area contributed by atoms with E-state index in [2.05, 4.69) is 15.6 Å². The topological polar surface area (TPSA) is 107 Å². The molecule has 2 fully saturated rings. The molecule has 3 heterocycles. The van der Waals surface area contributed by atoms with Crippen LogP contribution in [0, 0.1) is 5.82 Å². The van der Waals surface area contributed by atoms with E-state index in [1.807, 2.05) is 18.0 Å². The number of hydrogen-bond donors (Lipinski definition) is 3. The highest BCUT2D eigenvalue weighted by atomic mass is 19.1. The van der Waals surface area contributed by atoms with Gasteiger partial charge in [-0.1, -0.05) is 6.92 Å². The zero-order valence-electron chi connectivity index (χ0n) is 20.6. The van der Waals surface area contributed by atoms with E-state index in [9.17, 15) is 18.8 Å². The fraction of sp³-hybridized carbons (Fsp3) is 0.560. The number of aromatic amines is 1. The van der Waals surface area contributed by atoms with Crippen LogP contribution in [-0.4, -0.2) is 90.5 Å². The minimum atomic E-state index is -0.837. The van der Waals surface area contributed by atoms with Gasteiger partial charge in [0.25, 0.3) is 0 Å². The van der Waals surface area contributed by atoms with Gasteiger partial charge in [0.05, 0.1) is 24.7 Å². The molecule has 4 rings (SSSR count). The monoisotopic (exact) mass is 487 g/mol. The van der Waals surface area contributed by atoms with E-state index < -0.39 is 12.1 Å². The first kappa shape index (κ1) is 25.1.